The fourth-order valence-electron chi connectivity index (χ4n) is 1.87. The molecule has 3 nitrogen and oxygen atoms in total. The molecule has 0 aliphatic rings. The van der Waals surface area contributed by atoms with Gasteiger partial charge < -0.3 is 10.2 Å². The predicted octanol–water partition coefficient (Wildman–Crippen LogP) is 2.13. The Morgan fingerprint density at radius 3 is 2.17 bits per heavy atom. The largest absolute Gasteiger partial charge is 0.508 e. The Kier molecular flexibility index (Phi) is 3.65. The number of aromatic hydroxyl groups is 1. The molecule has 3 heteroatoms. The normalized spacial score (nSPS) is 14.1. The molecular weight excluding hydrogens is 226 g/mol. The molecule has 0 heterocycles. The lowest BCUT2D eigenvalue weighted by Gasteiger charge is -2.23. The summed E-state index contributed by atoms with van der Waals surface area (Å²) < 4.78 is 0. The molecule has 2 aromatic rings. The number of aliphatic hydroxyl groups is 1. The second-order valence-corrected chi connectivity index (χ2v) is 4.46. The standard InChI is InChI=1S/C15H17NO2/c16-15(18,13-6-8-14(17)9-7-13)11-10-12-4-2-1-3-5-12/h1-9,17-18H,10-11,16H2. The summed E-state index contributed by atoms with van der Waals surface area (Å²) >= 11 is 0. The van der Waals surface area contributed by atoms with Crippen molar-refractivity contribution in [2.75, 3.05) is 0 Å². The summed E-state index contributed by atoms with van der Waals surface area (Å²) in [5, 5.41) is 19.4. The van der Waals surface area contributed by atoms with Gasteiger partial charge in [0.15, 0.2) is 0 Å². The SMILES string of the molecule is NC(O)(CCc1ccccc1)c1ccc(O)cc1. The number of hydrogen-bond donors (Lipinski definition) is 3. The minimum absolute atomic E-state index is 0.164. The molecule has 0 bridgehead atoms. The average molecular weight is 243 g/mol. The van der Waals surface area contributed by atoms with Crippen LogP contribution in [0.5, 0.6) is 5.75 Å². The van der Waals surface area contributed by atoms with E-state index in [9.17, 15) is 10.2 Å². The van der Waals surface area contributed by atoms with E-state index in [1.165, 1.54) is 12.1 Å². The van der Waals surface area contributed by atoms with Crippen LogP contribution in [0.25, 0.3) is 0 Å². The summed E-state index contributed by atoms with van der Waals surface area (Å²) in [6.07, 6.45) is 1.14. The van der Waals surface area contributed by atoms with E-state index in [2.05, 4.69) is 0 Å². The third-order valence-corrected chi connectivity index (χ3v) is 3.00. The van der Waals surface area contributed by atoms with Crippen molar-refractivity contribution < 1.29 is 10.2 Å². The van der Waals surface area contributed by atoms with E-state index in [1.807, 2.05) is 30.3 Å². The highest BCUT2D eigenvalue weighted by Gasteiger charge is 2.23. The number of phenols is 1. The maximum Gasteiger partial charge on any atom is 0.139 e. The molecule has 0 aromatic heterocycles. The molecule has 1 unspecified atom stereocenters. The highest BCUT2D eigenvalue weighted by molar-refractivity contribution is 5.29. The van der Waals surface area contributed by atoms with Crippen LogP contribution in [-0.4, -0.2) is 10.2 Å². The van der Waals surface area contributed by atoms with Gasteiger partial charge in [-0.25, -0.2) is 0 Å². The molecule has 18 heavy (non-hydrogen) atoms. The maximum atomic E-state index is 10.2. The molecular formula is C15H17NO2. The number of hydrogen-bond acceptors (Lipinski definition) is 3. The van der Waals surface area contributed by atoms with Crippen molar-refractivity contribution in [2.45, 2.75) is 18.6 Å². The van der Waals surface area contributed by atoms with E-state index >= 15 is 0 Å². The Labute approximate surface area is 107 Å². The van der Waals surface area contributed by atoms with E-state index in [0.717, 1.165) is 5.56 Å². The number of aryl methyl sites for hydroxylation is 1. The molecule has 2 rings (SSSR count). The summed E-state index contributed by atoms with van der Waals surface area (Å²) in [6.45, 7) is 0. The molecule has 0 fully saturated rings. The zero-order valence-electron chi connectivity index (χ0n) is 10.1. The number of rotatable bonds is 4. The van der Waals surface area contributed by atoms with Crippen molar-refractivity contribution in [2.24, 2.45) is 5.73 Å². The van der Waals surface area contributed by atoms with Crippen LogP contribution in [0.2, 0.25) is 0 Å². The maximum absolute atomic E-state index is 10.2. The number of nitrogens with two attached hydrogens (primary N) is 1. The van der Waals surface area contributed by atoms with Gasteiger partial charge in [0.05, 0.1) is 0 Å². The molecule has 0 spiro atoms. The van der Waals surface area contributed by atoms with Crippen molar-refractivity contribution in [3.05, 3.63) is 65.7 Å². The first-order chi connectivity index (χ1) is 8.58. The number of phenolic OH excluding ortho intramolecular Hbond substituents is 1. The van der Waals surface area contributed by atoms with E-state index in [1.54, 1.807) is 12.1 Å². The van der Waals surface area contributed by atoms with Crippen molar-refractivity contribution in [1.82, 2.24) is 0 Å². The fourth-order valence-corrected chi connectivity index (χ4v) is 1.87. The second-order valence-electron chi connectivity index (χ2n) is 4.46. The Bertz CT molecular complexity index is 492. The summed E-state index contributed by atoms with van der Waals surface area (Å²) in [6, 6.07) is 16.2. The monoisotopic (exact) mass is 243 g/mol. The van der Waals surface area contributed by atoms with Gasteiger partial charge in [0, 0.05) is 0 Å². The Morgan fingerprint density at radius 2 is 1.56 bits per heavy atom. The first-order valence-electron chi connectivity index (χ1n) is 5.93. The summed E-state index contributed by atoms with van der Waals surface area (Å²) in [5.41, 5.74) is 6.29. The zero-order valence-corrected chi connectivity index (χ0v) is 10.1. The fraction of sp³-hybridized carbons (Fsp3) is 0.200. The van der Waals surface area contributed by atoms with Gasteiger partial charge in [-0.15, -0.1) is 0 Å². The molecule has 0 saturated heterocycles. The second kappa shape index (κ2) is 5.21. The van der Waals surface area contributed by atoms with Crippen molar-refractivity contribution in [3.8, 4) is 5.75 Å². The quantitative estimate of drug-likeness (QED) is 0.721. The summed E-state index contributed by atoms with van der Waals surface area (Å²) in [5.74, 6) is 0.164. The lowest BCUT2D eigenvalue weighted by Crippen LogP contribution is -2.36. The number of benzene rings is 2. The third-order valence-electron chi connectivity index (χ3n) is 3.00. The van der Waals surface area contributed by atoms with Gasteiger partial charge in [0.25, 0.3) is 0 Å². The lowest BCUT2D eigenvalue weighted by atomic mass is 9.96. The molecule has 2 aromatic carbocycles. The van der Waals surface area contributed by atoms with Gasteiger partial charge in [-0.3, -0.25) is 5.73 Å². The molecule has 4 N–H and O–H groups in total. The molecule has 1 atom stereocenters. The first kappa shape index (κ1) is 12.6. The Morgan fingerprint density at radius 1 is 0.944 bits per heavy atom. The van der Waals surface area contributed by atoms with Gasteiger partial charge >= 0.3 is 0 Å². The smallest absolute Gasteiger partial charge is 0.139 e. The van der Waals surface area contributed by atoms with Crippen molar-refractivity contribution in [1.29, 1.82) is 0 Å². The van der Waals surface area contributed by atoms with E-state index in [0.29, 0.717) is 18.4 Å². The molecule has 0 aliphatic heterocycles. The van der Waals surface area contributed by atoms with Crippen LogP contribution >= 0.6 is 0 Å². The first-order valence-corrected chi connectivity index (χ1v) is 5.93. The van der Waals surface area contributed by atoms with E-state index in [4.69, 9.17) is 5.73 Å². The summed E-state index contributed by atoms with van der Waals surface area (Å²) in [7, 11) is 0. The Hall–Kier alpha value is -1.84. The topological polar surface area (TPSA) is 66.5 Å². The van der Waals surface area contributed by atoms with E-state index < -0.39 is 5.72 Å². The van der Waals surface area contributed by atoms with Crippen LogP contribution in [0.15, 0.2) is 54.6 Å². The van der Waals surface area contributed by atoms with Gasteiger partial charge in [0.2, 0.25) is 0 Å². The highest BCUT2D eigenvalue weighted by atomic mass is 16.3. The van der Waals surface area contributed by atoms with Gasteiger partial charge in [-0.1, -0.05) is 42.5 Å². The average Bonchev–Trinajstić information content (AvgIpc) is 2.38. The minimum Gasteiger partial charge on any atom is -0.508 e. The predicted molar refractivity (Wildman–Crippen MR) is 71.0 cm³/mol. The van der Waals surface area contributed by atoms with Gasteiger partial charge in [-0.05, 0) is 36.1 Å². The zero-order chi connectivity index (χ0) is 13.0. The lowest BCUT2D eigenvalue weighted by molar-refractivity contribution is 0.0345. The van der Waals surface area contributed by atoms with E-state index in [-0.39, 0.29) is 5.75 Å². The van der Waals surface area contributed by atoms with Crippen LogP contribution in [0.4, 0.5) is 0 Å². The van der Waals surface area contributed by atoms with Gasteiger partial charge in [0.1, 0.15) is 11.5 Å². The third kappa shape index (κ3) is 3.09. The Balaban J connectivity index is 2.05. The molecule has 0 amide bonds. The van der Waals surface area contributed by atoms with Crippen LogP contribution in [0, 0.1) is 0 Å². The molecule has 0 aliphatic carbocycles. The molecule has 94 valence electrons. The van der Waals surface area contributed by atoms with Crippen molar-refractivity contribution >= 4 is 0 Å². The minimum atomic E-state index is -1.37. The van der Waals surface area contributed by atoms with Gasteiger partial charge in [-0.2, -0.15) is 0 Å². The van der Waals surface area contributed by atoms with Crippen LogP contribution in [0.3, 0.4) is 0 Å². The molecule has 0 saturated carbocycles. The van der Waals surface area contributed by atoms with Crippen molar-refractivity contribution in [3.63, 3.8) is 0 Å². The summed E-state index contributed by atoms with van der Waals surface area (Å²) in [4.78, 5) is 0. The van der Waals surface area contributed by atoms with Crippen LogP contribution < -0.4 is 5.73 Å². The highest BCUT2D eigenvalue weighted by Crippen LogP contribution is 2.23. The molecule has 0 radical (unpaired) electrons. The van der Waals surface area contributed by atoms with Crippen LogP contribution in [0.1, 0.15) is 17.5 Å². The van der Waals surface area contributed by atoms with Crippen LogP contribution in [-0.2, 0) is 12.1 Å².